The molecule has 0 radical (unpaired) electrons. The van der Waals surface area contributed by atoms with E-state index in [-0.39, 0.29) is 21.6 Å². The molecule has 0 aliphatic carbocycles. The maximum Gasteiger partial charge on any atom is 0.261 e. The van der Waals surface area contributed by atoms with Gasteiger partial charge in [-0.25, -0.2) is 26.8 Å². The van der Waals surface area contributed by atoms with Crippen LogP contribution in [0.4, 0.5) is 31.8 Å². The van der Waals surface area contributed by atoms with Crippen LogP contribution in [-0.2, 0) is 20.0 Å². The van der Waals surface area contributed by atoms with E-state index in [1.54, 1.807) is 64.1 Å². The molecule has 2 aliphatic heterocycles. The molecular weight excluding hydrogens is 747 g/mol. The minimum absolute atomic E-state index is 0.140. The van der Waals surface area contributed by atoms with Crippen molar-refractivity contribution in [3.8, 4) is 0 Å². The lowest BCUT2D eigenvalue weighted by Gasteiger charge is -2.33. The largest absolute Gasteiger partial charge is 0.354 e. The van der Waals surface area contributed by atoms with Crippen LogP contribution in [0.3, 0.4) is 0 Å². The van der Waals surface area contributed by atoms with Crippen molar-refractivity contribution in [1.82, 2.24) is 20.6 Å². The van der Waals surface area contributed by atoms with E-state index in [1.807, 2.05) is 12.1 Å². The number of benzene rings is 2. The number of nitrogens with zero attached hydrogens (tertiary/aromatic N) is 4. The molecule has 4 heterocycles. The molecule has 0 bridgehead atoms. The van der Waals surface area contributed by atoms with E-state index in [1.165, 1.54) is 24.3 Å². The van der Waals surface area contributed by atoms with Gasteiger partial charge in [-0.1, -0.05) is 38.1 Å². The summed E-state index contributed by atoms with van der Waals surface area (Å²) < 4.78 is 81.5. The van der Waals surface area contributed by atoms with E-state index in [0.717, 1.165) is 68.6 Å². The highest BCUT2D eigenvalue weighted by Crippen LogP contribution is 2.26. The molecule has 12 nitrogen and oxygen atoms in total. The van der Waals surface area contributed by atoms with Gasteiger partial charge in [0.15, 0.2) is 0 Å². The van der Waals surface area contributed by atoms with Crippen LogP contribution in [0.25, 0.3) is 0 Å². The Hall–Kier alpha value is -4.38. The first-order valence-corrected chi connectivity index (χ1v) is 21.4. The summed E-state index contributed by atoms with van der Waals surface area (Å²) in [5.74, 6) is 1.19. The highest BCUT2D eigenvalue weighted by molar-refractivity contribution is 7.93. The number of alkyl halides is 2. The summed E-state index contributed by atoms with van der Waals surface area (Å²) in [6.07, 6.45) is 0. The van der Waals surface area contributed by atoms with E-state index in [4.69, 9.17) is 0 Å². The first-order valence-electron chi connectivity index (χ1n) is 18.5. The molecule has 3 atom stereocenters. The number of anilines is 4. The molecule has 6 rings (SSSR count). The molecule has 0 amide bonds. The number of pyridine rings is 2. The average molecular weight is 799 g/mol. The Balaban J connectivity index is 0.000000211. The normalized spacial score (nSPS) is 17.5. The van der Waals surface area contributed by atoms with E-state index in [9.17, 15) is 25.6 Å². The van der Waals surface area contributed by atoms with Crippen LogP contribution >= 0.6 is 0 Å². The number of piperazine rings is 2. The number of aromatic nitrogens is 2. The van der Waals surface area contributed by atoms with E-state index >= 15 is 0 Å². The number of hydrogen-bond donors (Lipinski definition) is 4. The van der Waals surface area contributed by atoms with Gasteiger partial charge in [-0.05, 0) is 80.4 Å². The topological polar surface area (TPSA) is 149 Å². The zero-order valence-corrected chi connectivity index (χ0v) is 33.7. The minimum atomic E-state index is -3.74. The van der Waals surface area contributed by atoms with E-state index in [2.05, 4.69) is 46.8 Å². The molecule has 0 saturated carbocycles. The third kappa shape index (κ3) is 10.9. The van der Waals surface area contributed by atoms with Crippen LogP contribution in [-0.4, -0.2) is 92.0 Å². The number of hydrogen-bond acceptors (Lipinski definition) is 10. The predicted octanol–water partition coefficient (Wildman–Crippen LogP) is 5.74. The molecule has 2 aromatic carbocycles. The molecule has 2 aromatic heterocycles. The molecule has 1 unspecified atom stereocenters. The first kappa shape index (κ1) is 41.8. The van der Waals surface area contributed by atoms with E-state index in [0.29, 0.717) is 28.8 Å². The van der Waals surface area contributed by atoms with Crippen molar-refractivity contribution in [1.29, 1.82) is 0 Å². The SMILES string of the molecule is Cc1nc(N2CCNCC2)ccc1NS(=O)(=O)c1ccc(C(C)CF)cc1.Cc1nc(N2CCN[C@H](C)C2)ccc1NS(=O)(=O)c1ccc([C@H](C)CF)cc1. The lowest BCUT2D eigenvalue weighted by Crippen LogP contribution is -2.49. The summed E-state index contributed by atoms with van der Waals surface area (Å²) in [6, 6.07) is 20.2. The average Bonchev–Trinajstić information content (AvgIpc) is 3.19. The second kappa shape index (κ2) is 18.5. The first-order chi connectivity index (χ1) is 26.2. The Bertz CT molecular complexity index is 2100. The number of rotatable bonds is 12. The predicted molar refractivity (Wildman–Crippen MR) is 216 cm³/mol. The zero-order chi connectivity index (χ0) is 39.8. The quantitative estimate of drug-likeness (QED) is 0.140. The van der Waals surface area contributed by atoms with Gasteiger partial charge in [0.2, 0.25) is 0 Å². The van der Waals surface area contributed by atoms with Crippen LogP contribution in [0, 0.1) is 13.8 Å². The fourth-order valence-corrected chi connectivity index (χ4v) is 8.47. The second-order valence-electron chi connectivity index (χ2n) is 14.1. The van der Waals surface area contributed by atoms with Crippen molar-refractivity contribution in [2.45, 2.75) is 62.3 Å². The standard InChI is InChI=1S/C20H27FN4O2S.C19H25FN4O2S/c1-14(12-21)17-4-6-18(7-5-17)28(26,27)24-19-8-9-20(23-16(19)3)25-11-10-22-15(2)13-25;1-14(13-20)16-3-5-17(6-4-16)27(25,26)23-18-7-8-19(22-15(18)2)24-11-9-21-10-12-24/h4-9,14-15,22,24H,10-13H2,1-3H3;3-8,14,21,23H,9-13H2,1-2H3/t14-,15-;/m1./s1. The second-order valence-corrected chi connectivity index (χ2v) is 17.5. The summed E-state index contributed by atoms with van der Waals surface area (Å²) in [5, 5.41) is 6.68. The molecular formula is C39H52F2N8O4S2. The molecule has 2 aliphatic rings. The Morgan fingerprint density at radius 3 is 1.49 bits per heavy atom. The van der Waals surface area contributed by atoms with Crippen molar-refractivity contribution in [2.24, 2.45) is 0 Å². The molecule has 4 N–H and O–H groups in total. The summed E-state index contributed by atoms with van der Waals surface area (Å²) in [7, 11) is -7.47. The maximum absolute atomic E-state index is 12.8. The molecule has 0 spiro atoms. The van der Waals surface area contributed by atoms with Gasteiger partial charge < -0.3 is 20.4 Å². The summed E-state index contributed by atoms with van der Waals surface area (Å²) in [6.45, 7) is 14.5. The van der Waals surface area contributed by atoms with Crippen molar-refractivity contribution in [3.05, 3.63) is 95.3 Å². The van der Waals surface area contributed by atoms with Crippen LogP contribution in [0.2, 0.25) is 0 Å². The Kier molecular flexibility index (Phi) is 14.1. The van der Waals surface area contributed by atoms with Gasteiger partial charge in [0.05, 0.1) is 45.9 Å². The number of aryl methyl sites for hydroxylation is 2. The van der Waals surface area contributed by atoms with Crippen LogP contribution in [0.5, 0.6) is 0 Å². The molecule has 2 fully saturated rings. The number of halogens is 2. The van der Waals surface area contributed by atoms with Crippen LogP contribution in [0.15, 0.2) is 82.6 Å². The summed E-state index contributed by atoms with van der Waals surface area (Å²) in [5.41, 5.74) is 3.69. The highest BCUT2D eigenvalue weighted by Gasteiger charge is 2.21. The molecule has 16 heteroatoms. The number of sulfonamides is 2. The van der Waals surface area contributed by atoms with Gasteiger partial charge in [0.1, 0.15) is 11.6 Å². The van der Waals surface area contributed by atoms with E-state index < -0.39 is 33.4 Å². The van der Waals surface area contributed by atoms with Gasteiger partial charge in [-0.3, -0.25) is 18.2 Å². The lowest BCUT2D eigenvalue weighted by atomic mass is 10.0. The third-order valence-corrected chi connectivity index (χ3v) is 12.5. The monoisotopic (exact) mass is 798 g/mol. The minimum Gasteiger partial charge on any atom is -0.354 e. The van der Waals surface area contributed by atoms with Gasteiger partial charge in [-0.15, -0.1) is 0 Å². The summed E-state index contributed by atoms with van der Waals surface area (Å²) in [4.78, 5) is 13.8. The fourth-order valence-electron chi connectivity index (χ4n) is 6.23. The van der Waals surface area contributed by atoms with Gasteiger partial charge >= 0.3 is 0 Å². The van der Waals surface area contributed by atoms with Crippen molar-refractivity contribution in [2.75, 3.05) is 78.4 Å². The zero-order valence-electron chi connectivity index (χ0n) is 32.0. The maximum atomic E-state index is 12.8. The molecule has 298 valence electrons. The van der Waals surface area contributed by atoms with Crippen LogP contribution < -0.4 is 29.9 Å². The molecule has 55 heavy (non-hydrogen) atoms. The Labute approximate surface area is 324 Å². The molecule has 4 aromatic rings. The summed E-state index contributed by atoms with van der Waals surface area (Å²) >= 11 is 0. The van der Waals surface area contributed by atoms with Gasteiger partial charge in [-0.2, -0.15) is 0 Å². The van der Waals surface area contributed by atoms with Gasteiger partial charge in [0, 0.05) is 63.7 Å². The molecule has 2 saturated heterocycles. The Morgan fingerprint density at radius 2 is 1.09 bits per heavy atom. The van der Waals surface area contributed by atoms with Crippen LogP contribution in [0.1, 0.15) is 55.1 Å². The highest BCUT2D eigenvalue weighted by atomic mass is 32.2. The van der Waals surface area contributed by atoms with Crippen molar-refractivity contribution in [3.63, 3.8) is 0 Å². The van der Waals surface area contributed by atoms with Gasteiger partial charge in [0.25, 0.3) is 20.0 Å². The van der Waals surface area contributed by atoms with Crippen molar-refractivity contribution < 1.29 is 25.6 Å². The lowest BCUT2D eigenvalue weighted by molar-refractivity contribution is 0.447. The van der Waals surface area contributed by atoms with Crippen molar-refractivity contribution >= 4 is 43.1 Å². The number of nitrogens with one attached hydrogen (secondary N) is 4. The fraction of sp³-hybridized carbons (Fsp3) is 0.436. The third-order valence-electron chi connectivity index (χ3n) is 9.75. The Morgan fingerprint density at radius 1 is 0.673 bits per heavy atom. The smallest absolute Gasteiger partial charge is 0.261 e.